The van der Waals surface area contributed by atoms with Gasteiger partial charge in [-0.15, -0.1) is 0 Å². The SMILES string of the molecule is Cc1nn(C)c(F)c1S(=O)(=O)Cl. The van der Waals surface area contributed by atoms with E-state index in [0.717, 1.165) is 4.68 Å². The van der Waals surface area contributed by atoms with Crippen LogP contribution in [0, 0.1) is 12.9 Å². The average Bonchev–Trinajstić information content (AvgIpc) is 2.05. The Balaban J connectivity index is 3.54. The Kier molecular flexibility index (Phi) is 2.13. The van der Waals surface area contributed by atoms with Crippen LogP contribution in [0.2, 0.25) is 0 Å². The van der Waals surface area contributed by atoms with Crippen molar-refractivity contribution in [3.63, 3.8) is 0 Å². The summed E-state index contributed by atoms with van der Waals surface area (Å²) in [7, 11) is 2.23. The minimum Gasteiger partial charge on any atom is -0.241 e. The number of nitrogens with zero attached hydrogens (tertiary/aromatic N) is 2. The van der Waals surface area contributed by atoms with Gasteiger partial charge in [-0.25, -0.2) is 13.1 Å². The molecule has 0 fully saturated rings. The maximum Gasteiger partial charge on any atom is 0.267 e. The maximum atomic E-state index is 13.0. The van der Waals surface area contributed by atoms with Crippen molar-refractivity contribution < 1.29 is 12.8 Å². The van der Waals surface area contributed by atoms with Gasteiger partial charge in [0, 0.05) is 17.7 Å². The average molecular weight is 213 g/mol. The normalized spacial score (nSPS) is 12.0. The van der Waals surface area contributed by atoms with Crippen LogP contribution in [0.25, 0.3) is 0 Å². The van der Waals surface area contributed by atoms with Crippen molar-refractivity contribution in [2.45, 2.75) is 11.8 Å². The van der Waals surface area contributed by atoms with Crippen LogP contribution in [-0.2, 0) is 16.1 Å². The Morgan fingerprint density at radius 3 is 2.25 bits per heavy atom. The van der Waals surface area contributed by atoms with Gasteiger partial charge in [-0.05, 0) is 6.92 Å². The molecule has 68 valence electrons. The van der Waals surface area contributed by atoms with E-state index in [4.69, 9.17) is 10.7 Å². The first kappa shape index (κ1) is 9.47. The fraction of sp³-hybridized carbons (Fsp3) is 0.400. The van der Waals surface area contributed by atoms with Crippen LogP contribution in [-0.4, -0.2) is 18.2 Å². The summed E-state index contributed by atoms with van der Waals surface area (Å²) in [5, 5.41) is 3.56. The van der Waals surface area contributed by atoms with Crippen molar-refractivity contribution in [2.75, 3.05) is 0 Å². The van der Waals surface area contributed by atoms with Crippen LogP contribution in [0.5, 0.6) is 0 Å². The van der Waals surface area contributed by atoms with Gasteiger partial charge in [0.05, 0.1) is 5.69 Å². The van der Waals surface area contributed by atoms with E-state index in [-0.39, 0.29) is 5.69 Å². The highest BCUT2D eigenvalue weighted by atomic mass is 35.7. The number of aromatic nitrogens is 2. The molecule has 0 bridgehead atoms. The zero-order valence-corrected chi connectivity index (χ0v) is 7.95. The molecule has 1 aromatic heterocycles. The van der Waals surface area contributed by atoms with Gasteiger partial charge in [-0.3, -0.25) is 0 Å². The summed E-state index contributed by atoms with van der Waals surface area (Å²) >= 11 is 0. The second-order valence-corrected chi connectivity index (χ2v) is 4.77. The first-order valence-electron chi connectivity index (χ1n) is 2.98. The third kappa shape index (κ3) is 1.44. The monoisotopic (exact) mass is 212 g/mol. The largest absolute Gasteiger partial charge is 0.267 e. The quantitative estimate of drug-likeness (QED) is 0.647. The molecule has 0 N–H and O–H groups in total. The number of rotatable bonds is 1. The fourth-order valence-electron chi connectivity index (χ4n) is 0.888. The summed E-state index contributed by atoms with van der Waals surface area (Å²) in [4.78, 5) is -0.549. The van der Waals surface area contributed by atoms with Gasteiger partial charge in [0.15, 0.2) is 4.90 Å². The topological polar surface area (TPSA) is 52.0 Å². The number of hydrogen-bond acceptors (Lipinski definition) is 3. The van der Waals surface area contributed by atoms with E-state index in [0.29, 0.717) is 0 Å². The van der Waals surface area contributed by atoms with Crippen molar-refractivity contribution in [3.8, 4) is 0 Å². The van der Waals surface area contributed by atoms with Gasteiger partial charge in [0.25, 0.3) is 9.05 Å². The van der Waals surface area contributed by atoms with Crippen molar-refractivity contribution in [2.24, 2.45) is 7.05 Å². The first-order chi connectivity index (χ1) is 5.34. The van der Waals surface area contributed by atoms with Crippen LogP contribution in [0.15, 0.2) is 4.90 Å². The molecular formula is C5H6ClFN2O2S. The highest BCUT2D eigenvalue weighted by Crippen LogP contribution is 2.21. The molecule has 0 amide bonds. The van der Waals surface area contributed by atoms with Crippen LogP contribution < -0.4 is 0 Å². The van der Waals surface area contributed by atoms with E-state index in [1.165, 1.54) is 14.0 Å². The summed E-state index contributed by atoms with van der Waals surface area (Å²) in [5.74, 6) is -0.942. The second-order valence-electron chi connectivity index (χ2n) is 2.27. The lowest BCUT2D eigenvalue weighted by molar-refractivity contribution is 0.484. The lowest BCUT2D eigenvalue weighted by Crippen LogP contribution is -1.97. The first-order valence-corrected chi connectivity index (χ1v) is 5.28. The Labute approximate surface area is 73.4 Å². The van der Waals surface area contributed by atoms with Gasteiger partial charge in [0.2, 0.25) is 5.95 Å². The highest BCUT2D eigenvalue weighted by Gasteiger charge is 2.23. The molecule has 0 aliphatic carbocycles. The summed E-state index contributed by atoms with van der Waals surface area (Å²) in [6.07, 6.45) is 0. The molecule has 0 atom stereocenters. The van der Waals surface area contributed by atoms with Gasteiger partial charge < -0.3 is 0 Å². The molecule has 0 saturated heterocycles. The van der Waals surface area contributed by atoms with E-state index in [2.05, 4.69) is 5.10 Å². The predicted molar refractivity (Wildman–Crippen MR) is 40.9 cm³/mol. The zero-order valence-electron chi connectivity index (χ0n) is 6.38. The highest BCUT2D eigenvalue weighted by molar-refractivity contribution is 8.13. The zero-order chi connectivity index (χ0) is 9.52. The van der Waals surface area contributed by atoms with Gasteiger partial charge >= 0.3 is 0 Å². The summed E-state index contributed by atoms with van der Waals surface area (Å²) in [6.45, 7) is 1.37. The molecule has 0 aliphatic rings. The van der Waals surface area contributed by atoms with E-state index < -0.39 is 19.9 Å². The number of hydrogen-bond donors (Lipinski definition) is 0. The second kappa shape index (κ2) is 2.70. The smallest absolute Gasteiger partial charge is 0.241 e. The Morgan fingerprint density at radius 1 is 1.58 bits per heavy atom. The van der Waals surface area contributed by atoms with Crippen LogP contribution in [0.1, 0.15) is 5.69 Å². The molecule has 0 radical (unpaired) electrons. The van der Waals surface area contributed by atoms with Crippen molar-refractivity contribution in [1.29, 1.82) is 0 Å². The Bertz CT molecular complexity index is 411. The third-order valence-electron chi connectivity index (χ3n) is 1.34. The minimum absolute atomic E-state index is 0.0602. The van der Waals surface area contributed by atoms with E-state index >= 15 is 0 Å². The third-order valence-corrected chi connectivity index (χ3v) is 2.76. The van der Waals surface area contributed by atoms with Crippen molar-refractivity contribution in [3.05, 3.63) is 11.6 Å². The molecule has 0 spiro atoms. The maximum absolute atomic E-state index is 13.0. The molecular weight excluding hydrogens is 207 g/mol. The number of aryl methyl sites for hydroxylation is 2. The van der Waals surface area contributed by atoms with E-state index in [1.807, 2.05) is 0 Å². The lowest BCUT2D eigenvalue weighted by atomic mass is 10.5. The van der Waals surface area contributed by atoms with Crippen LogP contribution in [0.4, 0.5) is 4.39 Å². The van der Waals surface area contributed by atoms with Gasteiger partial charge in [-0.2, -0.15) is 9.49 Å². The van der Waals surface area contributed by atoms with Gasteiger partial charge in [-0.1, -0.05) is 0 Å². The fourth-order valence-corrected chi connectivity index (χ4v) is 2.14. The van der Waals surface area contributed by atoms with E-state index in [1.54, 1.807) is 0 Å². The molecule has 12 heavy (non-hydrogen) atoms. The van der Waals surface area contributed by atoms with Crippen molar-refractivity contribution >= 4 is 19.7 Å². The van der Waals surface area contributed by atoms with Crippen LogP contribution in [0.3, 0.4) is 0 Å². The molecule has 0 unspecified atom stereocenters. The molecule has 1 aromatic rings. The molecule has 0 aliphatic heterocycles. The molecule has 4 nitrogen and oxygen atoms in total. The molecule has 0 saturated carbocycles. The predicted octanol–water partition coefficient (Wildman–Crippen LogP) is 0.795. The molecule has 7 heteroatoms. The number of halogens is 2. The summed E-state index contributed by atoms with van der Waals surface area (Å²) in [6, 6.07) is 0. The molecule has 0 aromatic carbocycles. The minimum atomic E-state index is -4.03. The van der Waals surface area contributed by atoms with E-state index in [9.17, 15) is 12.8 Å². The Hall–Kier alpha value is -0.620. The Morgan fingerprint density at radius 2 is 2.08 bits per heavy atom. The molecule has 1 heterocycles. The molecule has 1 rings (SSSR count). The summed E-state index contributed by atoms with van der Waals surface area (Å²) < 4.78 is 35.3. The lowest BCUT2D eigenvalue weighted by Gasteiger charge is -1.91. The van der Waals surface area contributed by atoms with Crippen molar-refractivity contribution in [1.82, 2.24) is 9.78 Å². The summed E-state index contributed by atoms with van der Waals surface area (Å²) in [5.41, 5.74) is 0.0602. The van der Waals surface area contributed by atoms with Gasteiger partial charge in [0.1, 0.15) is 0 Å². The standard InChI is InChI=1S/C5H6ClFN2O2S/c1-3-4(12(6,10)11)5(7)9(2)8-3/h1-2H3. The van der Waals surface area contributed by atoms with Crippen LogP contribution >= 0.6 is 10.7 Å².